The van der Waals surface area contributed by atoms with E-state index in [0.29, 0.717) is 0 Å². The third kappa shape index (κ3) is 1.07. The average molecular weight is 142 g/mol. The molecule has 1 rings (SSSR count). The van der Waals surface area contributed by atoms with Crippen molar-refractivity contribution < 1.29 is 4.74 Å². The topological polar surface area (TPSA) is 9.23 Å². The Kier molecular flexibility index (Phi) is 2.04. The van der Waals surface area contributed by atoms with Crippen LogP contribution in [0.25, 0.3) is 0 Å². The normalized spacial score (nSPS) is 48.0. The smallest absolute Gasteiger partial charge is 0.0680 e. The molecule has 60 valence electrons. The molecule has 1 aliphatic rings. The molecule has 1 aliphatic heterocycles. The van der Waals surface area contributed by atoms with Gasteiger partial charge in [0.25, 0.3) is 0 Å². The first-order valence-corrected chi connectivity index (χ1v) is 4.24. The summed E-state index contributed by atoms with van der Waals surface area (Å²) in [5.41, 5.74) is 0.166. The van der Waals surface area contributed by atoms with Gasteiger partial charge in [0.15, 0.2) is 0 Å². The summed E-state index contributed by atoms with van der Waals surface area (Å²) >= 11 is 0. The van der Waals surface area contributed by atoms with Crippen LogP contribution in [0.15, 0.2) is 0 Å². The van der Waals surface area contributed by atoms with E-state index >= 15 is 0 Å². The van der Waals surface area contributed by atoms with Crippen molar-refractivity contribution in [2.75, 3.05) is 6.61 Å². The molecule has 1 heterocycles. The molecule has 1 nitrogen and oxygen atoms in total. The maximum atomic E-state index is 5.71. The monoisotopic (exact) mass is 142 g/mol. The molecule has 0 radical (unpaired) electrons. The molecule has 0 N–H and O–H groups in total. The molecule has 3 unspecified atom stereocenters. The third-order valence-electron chi connectivity index (χ3n) is 3.19. The zero-order valence-corrected chi connectivity index (χ0v) is 7.48. The van der Waals surface area contributed by atoms with E-state index in [1.165, 1.54) is 0 Å². The SMILES string of the molecule is CCC1(C)OCC(C)C1C. The summed E-state index contributed by atoms with van der Waals surface area (Å²) < 4.78 is 5.71. The van der Waals surface area contributed by atoms with Gasteiger partial charge in [0, 0.05) is 0 Å². The molecule has 1 saturated heterocycles. The van der Waals surface area contributed by atoms with E-state index in [4.69, 9.17) is 4.74 Å². The van der Waals surface area contributed by atoms with Gasteiger partial charge in [0.1, 0.15) is 0 Å². The fourth-order valence-electron chi connectivity index (χ4n) is 1.62. The van der Waals surface area contributed by atoms with E-state index in [1.54, 1.807) is 0 Å². The lowest BCUT2D eigenvalue weighted by Crippen LogP contribution is -2.30. The van der Waals surface area contributed by atoms with E-state index in [1.807, 2.05) is 0 Å². The maximum Gasteiger partial charge on any atom is 0.0680 e. The van der Waals surface area contributed by atoms with Crippen LogP contribution in [0.5, 0.6) is 0 Å². The van der Waals surface area contributed by atoms with E-state index in [-0.39, 0.29) is 5.60 Å². The van der Waals surface area contributed by atoms with E-state index < -0.39 is 0 Å². The Morgan fingerprint density at radius 3 is 2.30 bits per heavy atom. The molecule has 1 fully saturated rings. The first-order valence-electron chi connectivity index (χ1n) is 4.24. The van der Waals surface area contributed by atoms with Crippen molar-refractivity contribution in [3.63, 3.8) is 0 Å². The highest BCUT2D eigenvalue weighted by Gasteiger charge is 2.39. The van der Waals surface area contributed by atoms with Crippen LogP contribution in [-0.4, -0.2) is 12.2 Å². The standard InChI is InChI=1S/C9H18O/c1-5-9(4)8(3)7(2)6-10-9/h7-8H,5-6H2,1-4H3. The Morgan fingerprint density at radius 1 is 1.50 bits per heavy atom. The summed E-state index contributed by atoms with van der Waals surface area (Å²) in [6, 6.07) is 0. The molecule has 0 aliphatic carbocycles. The van der Waals surface area contributed by atoms with Crippen molar-refractivity contribution in [2.45, 2.75) is 39.7 Å². The predicted molar refractivity (Wildman–Crippen MR) is 43.0 cm³/mol. The van der Waals surface area contributed by atoms with Crippen molar-refractivity contribution in [1.82, 2.24) is 0 Å². The van der Waals surface area contributed by atoms with Gasteiger partial charge in [0.2, 0.25) is 0 Å². The summed E-state index contributed by atoms with van der Waals surface area (Å²) in [6.45, 7) is 9.94. The highest BCUT2D eigenvalue weighted by Crippen LogP contribution is 2.37. The van der Waals surface area contributed by atoms with Gasteiger partial charge in [-0.3, -0.25) is 0 Å². The van der Waals surface area contributed by atoms with E-state index in [9.17, 15) is 0 Å². The Hall–Kier alpha value is -0.0400. The van der Waals surface area contributed by atoms with Crippen LogP contribution < -0.4 is 0 Å². The van der Waals surface area contributed by atoms with Gasteiger partial charge in [-0.15, -0.1) is 0 Å². The second-order valence-electron chi connectivity index (χ2n) is 3.74. The van der Waals surface area contributed by atoms with Crippen LogP contribution in [0.3, 0.4) is 0 Å². The Balaban J connectivity index is 2.64. The van der Waals surface area contributed by atoms with E-state index in [0.717, 1.165) is 24.9 Å². The molecular formula is C9H18O. The fraction of sp³-hybridized carbons (Fsp3) is 1.00. The lowest BCUT2D eigenvalue weighted by molar-refractivity contribution is -0.00445. The summed E-state index contributed by atoms with van der Waals surface area (Å²) in [5.74, 6) is 1.46. The molecule has 0 spiro atoms. The third-order valence-corrected chi connectivity index (χ3v) is 3.19. The molecule has 10 heavy (non-hydrogen) atoms. The van der Waals surface area contributed by atoms with Gasteiger partial charge < -0.3 is 4.74 Å². The van der Waals surface area contributed by atoms with Crippen molar-refractivity contribution in [2.24, 2.45) is 11.8 Å². The molecule has 0 saturated carbocycles. The summed E-state index contributed by atoms with van der Waals surface area (Å²) in [4.78, 5) is 0. The quantitative estimate of drug-likeness (QED) is 0.546. The second-order valence-corrected chi connectivity index (χ2v) is 3.74. The molecule has 0 aromatic carbocycles. The Bertz CT molecular complexity index is 122. The van der Waals surface area contributed by atoms with Crippen LogP contribution in [0.2, 0.25) is 0 Å². The molecule has 0 aromatic rings. The highest BCUT2D eigenvalue weighted by molar-refractivity contribution is 4.88. The minimum atomic E-state index is 0.166. The zero-order chi connectivity index (χ0) is 7.78. The van der Waals surface area contributed by atoms with Gasteiger partial charge in [-0.2, -0.15) is 0 Å². The van der Waals surface area contributed by atoms with Crippen LogP contribution in [0.1, 0.15) is 34.1 Å². The molecular weight excluding hydrogens is 124 g/mol. The van der Waals surface area contributed by atoms with Crippen LogP contribution >= 0.6 is 0 Å². The highest BCUT2D eigenvalue weighted by atomic mass is 16.5. The Morgan fingerprint density at radius 2 is 2.10 bits per heavy atom. The Labute approximate surface area is 63.8 Å². The molecule has 0 bridgehead atoms. The van der Waals surface area contributed by atoms with Crippen LogP contribution in [0.4, 0.5) is 0 Å². The molecule has 0 aromatic heterocycles. The van der Waals surface area contributed by atoms with Gasteiger partial charge in [0.05, 0.1) is 12.2 Å². The van der Waals surface area contributed by atoms with Crippen LogP contribution in [-0.2, 0) is 4.74 Å². The van der Waals surface area contributed by atoms with Gasteiger partial charge in [-0.1, -0.05) is 20.8 Å². The van der Waals surface area contributed by atoms with Crippen molar-refractivity contribution in [3.8, 4) is 0 Å². The van der Waals surface area contributed by atoms with Crippen molar-refractivity contribution >= 4 is 0 Å². The summed E-state index contributed by atoms with van der Waals surface area (Å²) in [7, 11) is 0. The number of hydrogen-bond donors (Lipinski definition) is 0. The minimum Gasteiger partial charge on any atom is -0.375 e. The molecule has 3 atom stereocenters. The van der Waals surface area contributed by atoms with Gasteiger partial charge in [-0.25, -0.2) is 0 Å². The van der Waals surface area contributed by atoms with Gasteiger partial charge >= 0.3 is 0 Å². The zero-order valence-electron chi connectivity index (χ0n) is 7.48. The van der Waals surface area contributed by atoms with Crippen LogP contribution in [0, 0.1) is 11.8 Å². The summed E-state index contributed by atoms with van der Waals surface area (Å²) in [6.07, 6.45) is 1.14. The lowest BCUT2D eigenvalue weighted by Gasteiger charge is -2.27. The largest absolute Gasteiger partial charge is 0.375 e. The summed E-state index contributed by atoms with van der Waals surface area (Å²) in [5, 5.41) is 0. The van der Waals surface area contributed by atoms with E-state index in [2.05, 4.69) is 27.7 Å². The lowest BCUT2D eigenvalue weighted by atomic mass is 9.83. The predicted octanol–water partition coefficient (Wildman–Crippen LogP) is 2.46. The number of rotatable bonds is 1. The number of ether oxygens (including phenoxy) is 1. The van der Waals surface area contributed by atoms with Crippen molar-refractivity contribution in [1.29, 1.82) is 0 Å². The van der Waals surface area contributed by atoms with Gasteiger partial charge in [-0.05, 0) is 25.2 Å². The molecule has 1 heteroatoms. The average Bonchev–Trinajstić information content (AvgIpc) is 2.19. The van der Waals surface area contributed by atoms with Crippen molar-refractivity contribution in [3.05, 3.63) is 0 Å². The first kappa shape index (κ1) is 8.06. The molecule has 0 amide bonds. The fourth-order valence-corrected chi connectivity index (χ4v) is 1.62. The second kappa shape index (κ2) is 2.54. The maximum absolute atomic E-state index is 5.71. The minimum absolute atomic E-state index is 0.166. The first-order chi connectivity index (χ1) is 4.60. The number of hydrogen-bond acceptors (Lipinski definition) is 1.